The molecule has 4 heteroatoms. The highest BCUT2D eigenvalue weighted by Crippen LogP contribution is 2.41. The van der Waals surface area contributed by atoms with Gasteiger partial charge >= 0.3 is 6.68 Å². The van der Waals surface area contributed by atoms with Crippen LogP contribution in [0, 0.1) is 5.41 Å². The molecule has 2 unspecified atom stereocenters. The molecule has 0 aromatic heterocycles. The van der Waals surface area contributed by atoms with E-state index in [-0.39, 0.29) is 5.41 Å². The summed E-state index contributed by atoms with van der Waals surface area (Å²) >= 11 is 0. The van der Waals surface area contributed by atoms with Gasteiger partial charge in [-0.1, -0.05) is 63.3 Å². The first-order valence-electron chi connectivity index (χ1n) is 7.75. The minimum Gasteiger partial charge on any atom is -0.361 e. The van der Waals surface area contributed by atoms with Crippen LogP contribution in [0.25, 0.3) is 0 Å². The Bertz CT molecular complexity index is 527. The molecular weight excluding hydrogens is 299 g/mol. The summed E-state index contributed by atoms with van der Waals surface area (Å²) in [6.07, 6.45) is 6.65. The summed E-state index contributed by atoms with van der Waals surface area (Å²) in [6, 6.07) is 11.7. The Labute approximate surface area is 137 Å². The van der Waals surface area contributed by atoms with Crippen LogP contribution in [0.4, 0.5) is 13.2 Å². The van der Waals surface area contributed by atoms with Gasteiger partial charge in [-0.15, -0.1) is 0 Å². The summed E-state index contributed by atoms with van der Waals surface area (Å²) in [7, 11) is 0. The number of allylic oxidation sites excluding steroid dienone is 3. The zero-order chi connectivity index (χ0) is 17.6. The van der Waals surface area contributed by atoms with E-state index < -0.39 is 6.68 Å². The van der Waals surface area contributed by atoms with Crippen molar-refractivity contribution in [2.75, 3.05) is 0 Å². The molecule has 0 amide bonds. The lowest BCUT2D eigenvalue weighted by Gasteiger charge is -2.46. The number of benzene rings is 1. The molecule has 23 heavy (non-hydrogen) atoms. The fraction of sp³-hybridized carbons (Fsp3) is 0.474. The lowest BCUT2D eigenvalue weighted by atomic mass is 9.80. The maximum absolute atomic E-state index is 9.67. The summed E-state index contributed by atoms with van der Waals surface area (Å²) in [5, 5.41) is 0. The third kappa shape index (κ3) is 5.77. The zero-order valence-corrected chi connectivity index (χ0v) is 14.4. The van der Waals surface area contributed by atoms with Gasteiger partial charge in [0.2, 0.25) is 0 Å². The summed E-state index contributed by atoms with van der Waals surface area (Å²) in [5.74, 6) is 0. The predicted molar refractivity (Wildman–Crippen MR) is 89.9 cm³/mol. The van der Waals surface area contributed by atoms with Gasteiger partial charge in [0, 0.05) is 11.7 Å². The molecule has 0 N–H and O–H groups in total. The number of hydrogen-bond donors (Lipinski definition) is 0. The molecule has 2 atom stereocenters. The van der Waals surface area contributed by atoms with Gasteiger partial charge in [-0.3, -0.25) is 0 Å². The molecular formula is C19H26F3N. The summed E-state index contributed by atoms with van der Waals surface area (Å²) in [6.45, 7) is 7.78. The van der Waals surface area contributed by atoms with Crippen LogP contribution >= 0.6 is 0 Å². The van der Waals surface area contributed by atoms with E-state index in [0.29, 0.717) is 12.1 Å². The second-order valence-corrected chi connectivity index (χ2v) is 6.77. The summed E-state index contributed by atoms with van der Waals surface area (Å²) in [5.41, 5.74) is 2.93. The molecule has 0 aliphatic carbocycles. The van der Waals surface area contributed by atoms with E-state index in [1.807, 2.05) is 0 Å². The average Bonchev–Trinajstić information content (AvgIpc) is 2.42. The molecule has 2 rings (SSSR count). The Morgan fingerprint density at radius 1 is 1.04 bits per heavy atom. The van der Waals surface area contributed by atoms with Gasteiger partial charge in [-0.2, -0.15) is 13.2 Å². The third-order valence-electron chi connectivity index (χ3n) is 3.79. The van der Waals surface area contributed by atoms with Crippen LogP contribution in [-0.4, -0.2) is 17.6 Å². The van der Waals surface area contributed by atoms with Crippen LogP contribution in [0.5, 0.6) is 0 Å². The Morgan fingerprint density at radius 2 is 1.57 bits per heavy atom. The fourth-order valence-corrected chi connectivity index (χ4v) is 3.01. The number of hydrogen-bond acceptors (Lipinski definition) is 1. The number of alkyl halides is 3. The molecule has 1 nitrogen and oxygen atoms in total. The van der Waals surface area contributed by atoms with Crippen LogP contribution in [0.3, 0.4) is 0 Å². The highest BCUT2D eigenvalue weighted by atomic mass is 19.4. The van der Waals surface area contributed by atoms with E-state index in [1.54, 1.807) is 0 Å². The highest BCUT2D eigenvalue weighted by molar-refractivity contribution is 5.27. The molecule has 0 fully saturated rings. The van der Waals surface area contributed by atoms with E-state index in [1.165, 1.54) is 11.3 Å². The topological polar surface area (TPSA) is 3.24 Å². The Morgan fingerprint density at radius 3 is 2.00 bits per heavy atom. The van der Waals surface area contributed by atoms with Gasteiger partial charge in [-0.05, 0) is 30.9 Å². The van der Waals surface area contributed by atoms with E-state index >= 15 is 0 Å². The van der Waals surface area contributed by atoms with Crippen molar-refractivity contribution in [3.8, 4) is 0 Å². The smallest absolute Gasteiger partial charge is 0.361 e. The Hall–Kier alpha value is -1.71. The first-order valence-corrected chi connectivity index (χ1v) is 7.75. The minimum atomic E-state index is -3.67. The van der Waals surface area contributed by atoms with Crippen molar-refractivity contribution < 1.29 is 13.2 Å². The van der Waals surface area contributed by atoms with Gasteiger partial charge in [0.1, 0.15) is 0 Å². The van der Waals surface area contributed by atoms with E-state index in [2.05, 4.69) is 88.1 Å². The summed E-state index contributed by atoms with van der Waals surface area (Å²) in [4.78, 5) is 2.54. The van der Waals surface area contributed by atoms with Crippen molar-refractivity contribution in [1.82, 2.24) is 4.90 Å². The molecule has 0 spiro atoms. The minimum absolute atomic E-state index is 0.190. The maximum Gasteiger partial charge on any atom is 0.379 e. The molecule has 0 bridgehead atoms. The van der Waals surface area contributed by atoms with Gasteiger partial charge in [-0.25, -0.2) is 0 Å². The van der Waals surface area contributed by atoms with Gasteiger partial charge in [0.15, 0.2) is 0 Å². The normalized spacial score (nSPS) is 19.1. The number of halogens is 3. The largest absolute Gasteiger partial charge is 0.379 e. The van der Waals surface area contributed by atoms with Crippen LogP contribution in [0.1, 0.15) is 46.2 Å². The first kappa shape index (κ1) is 19.3. The Kier molecular flexibility index (Phi) is 6.92. The predicted octanol–water partition coefficient (Wildman–Crippen LogP) is 6.12. The van der Waals surface area contributed by atoms with E-state index in [4.69, 9.17) is 0 Å². The lowest BCUT2D eigenvalue weighted by molar-refractivity contribution is 0.00819. The van der Waals surface area contributed by atoms with Crippen molar-refractivity contribution in [2.24, 2.45) is 5.41 Å². The van der Waals surface area contributed by atoms with Crippen LogP contribution in [0.2, 0.25) is 0 Å². The van der Waals surface area contributed by atoms with E-state index in [9.17, 15) is 13.2 Å². The SMILES string of the molecule is CC1=CC=CC(C)N1C(c1ccccc1)C(C)(C)C.FC(F)F. The van der Waals surface area contributed by atoms with Gasteiger partial charge in [0.05, 0.1) is 6.04 Å². The standard InChI is InChI=1S/C18H25N.CHF3/c1-14-10-9-11-15(2)19(14)17(18(3,4)5)16-12-7-6-8-13-16;2-1(3)4/h6-14,17H,1-5H3;1H. The highest BCUT2D eigenvalue weighted by Gasteiger charge is 2.34. The van der Waals surface area contributed by atoms with Gasteiger partial charge < -0.3 is 4.90 Å². The molecule has 0 saturated carbocycles. The van der Waals surface area contributed by atoms with Crippen molar-refractivity contribution in [1.29, 1.82) is 0 Å². The molecule has 1 heterocycles. The molecule has 1 aliphatic rings. The van der Waals surface area contributed by atoms with Gasteiger partial charge in [0.25, 0.3) is 0 Å². The molecule has 1 aromatic rings. The van der Waals surface area contributed by atoms with Crippen LogP contribution < -0.4 is 0 Å². The van der Waals surface area contributed by atoms with Crippen molar-refractivity contribution >= 4 is 0 Å². The Balaban J connectivity index is 0.000000593. The maximum atomic E-state index is 9.67. The van der Waals surface area contributed by atoms with Crippen molar-refractivity contribution in [2.45, 2.75) is 53.4 Å². The fourth-order valence-electron chi connectivity index (χ4n) is 3.01. The second-order valence-electron chi connectivity index (χ2n) is 6.77. The number of rotatable bonds is 2. The molecule has 0 saturated heterocycles. The first-order chi connectivity index (χ1) is 10.6. The van der Waals surface area contributed by atoms with Crippen molar-refractivity contribution in [3.05, 3.63) is 59.8 Å². The third-order valence-corrected chi connectivity index (χ3v) is 3.79. The lowest BCUT2D eigenvalue weighted by Crippen LogP contribution is -2.41. The number of nitrogens with zero attached hydrogens (tertiary/aromatic N) is 1. The second kappa shape index (κ2) is 8.23. The summed E-state index contributed by atoms with van der Waals surface area (Å²) < 4.78 is 29.0. The monoisotopic (exact) mass is 325 g/mol. The van der Waals surface area contributed by atoms with Crippen LogP contribution in [0.15, 0.2) is 54.3 Å². The van der Waals surface area contributed by atoms with Crippen LogP contribution in [-0.2, 0) is 0 Å². The molecule has 1 aliphatic heterocycles. The van der Waals surface area contributed by atoms with Crippen molar-refractivity contribution in [3.63, 3.8) is 0 Å². The molecule has 128 valence electrons. The molecule has 1 aromatic carbocycles. The molecule has 0 radical (unpaired) electrons. The average molecular weight is 325 g/mol. The quantitative estimate of drug-likeness (QED) is 0.633. The van der Waals surface area contributed by atoms with E-state index in [0.717, 1.165) is 0 Å². The zero-order valence-electron chi connectivity index (χ0n) is 14.4.